The zero-order chi connectivity index (χ0) is 17.5. The molecule has 4 heteroatoms. The number of benzene rings is 1. The van der Waals surface area contributed by atoms with E-state index < -0.39 is 0 Å². The van der Waals surface area contributed by atoms with E-state index in [1.165, 1.54) is 5.56 Å². The van der Waals surface area contributed by atoms with Gasteiger partial charge in [0.2, 0.25) is 11.8 Å². The normalized spacial score (nSPS) is 18.4. The maximum Gasteiger partial charge on any atom is 0.226 e. The van der Waals surface area contributed by atoms with E-state index in [0.29, 0.717) is 19.5 Å². The van der Waals surface area contributed by atoms with Crippen LogP contribution in [0.1, 0.15) is 37.7 Å². The van der Waals surface area contributed by atoms with Gasteiger partial charge in [0.15, 0.2) is 0 Å². The lowest BCUT2D eigenvalue weighted by molar-refractivity contribution is -0.136. The number of hydrogen-bond acceptors (Lipinski definition) is 2. The topological polar surface area (TPSA) is 40.6 Å². The highest BCUT2D eigenvalue weighted by Gasteiger charge is 2.27. The monoisotopic (exact) mass is 340 g/mol. The lowest BCUT2D eigenvalue weighted by Gasteiger charge is -2.24. The van der Waals surface area contributed by atoms with Crippen LogP contribution in [-0.2, 0) is 16.0 Å². The summed E-state index contributed by atoms with van der Waals surface area (Å²) in [6.07, 6.45) is 9.25. The molecule has 0 atom stereocenters. The van der Waals surface area contributed by atoms with Crippen molar-refractivity contribution in [1.29, 1.82) is 0 Å². The molecule has 0 saturated carbocycles. The van der Waals surface area contributed by atoms with Crippen molar-refractivity contribution >= 4 is 11.8 Å². The number of hydrogen-bond donors (Lipinski definition) is 0. The van der Waals surface area contributed by atoms with Crippen molar-refractivity contribution in [1.82, 2.24) is 9.80 Å². The first-order valence-corrected chi connectivity index (χ1v) is 9.49. The Labute approximate surface area is 150 Å². The molecule has 0 unspecified atom stereocenters. The summed E-state index contributed by atoms with van der Waals surface area (Å²) in [6.45, 7) is 2.91. The van der Waals surface area contributed by atoms with E-state index in [4.69, 9.17) is 0 Å². The van der Waals surface area contributed by atoms with Crippen LogP contribution in [0.3, 0.4) is 0 Å². The molecule has 0 radical (unpaired) electrons. The highest BCUT2D eigenvalue weighted by Crippen LogP contribution is 2.21. The molecule has 3 rings (SSSR count). The Kier molecular flexibility index (Phi) is 6.26. The van der Waals surface area contributed by atoms with Gasteiger partial charge < -0.3 is 9.80 Å². The second-order valence-corrected chi connectivity index (χ2v) is 7.04. The molecule has 1 aliphatic carbocycles. The van der Waals surface area contributed by atoms with E-state index >= 15 is 0 Å². The number of carbonyl (C=O) groups is 2. The zero-order valence-corrected chi connectivity index (χ0v) is 14.9. The third-order valence-corrected chi connectivity index (χ3v) is 5.22. The predicted molar refractivity (Wildman–Crippen MR) is 99.0 cm³/mol. The van der Waals surface area contributed by atoms with Crippen molar-refractivity contribution in [2.45, 2.75) is 38.5 Å². The van der Waals surface area contributed by atoms with Gasteiger partial charge in [-0.2, -0.15) is 0 Å². The van der Waals surface area contributed by atoms with E-state index in [1.54, 1.807) is 0 Å². The van der Waals surface area contributed by atoms with E-state index in [9.17, 15) is 9.59 Å². The van der Waals surface area contributed by atoms with E-state index in [1.807, 2.05) is 28.0 Å². The number of allylic oxidation sites excluding steroid dienone is 2. The Balaban J connectivity index is 1.42. The van der Waals surface area contributed by atoms with Crippen LogP contribution >= 0.6 is 0 Å². The van der Waals surface area contributed by atoms with Crippen LogP contribution < -0.4 is 0 Å². The maximum absolute atomic E-state index is 12.5. The summed E-state index contributed by atoms with van der Waals surface area (Å²) in [7, 11) is 0. The molecule has 25 heavy (non-hydrogen) atoms. The predicted octanol–water partition coefficient (Wildman–Crippen LogP) is 3.04. The van der Waals surface area contributed by atoms with Gasteiger partial charge >= 0.3 is 0 Å². The van der Waals surface area contributed by atoms with Crippen LogP contribution in [0.5, 0.6) is 0 Å². The molecule has 1 fully saturated rings. The van der Waals surface area contributed by atoms with E-state index in [0.717, 1.165) is 45.2 Å². The summed E-state index contributed by atoms with van der Waals surface area (Å²) in [5, 5.41) is 0. The molecule has 1 heterocycles. The Hall–Kier alpha value is -2.10. The average Bonchev–Trinajstić information content (AvgIpc) is 3.06. The van der Waals surface area contributed by atoms with Gasteiger partial charge in [-0.15, -0.1) is 0 Å². The van der Waals surface area contributed by atoms with Gasteiger partial charge in [-0.3, -0.25) is 9.59 Å². The van der Waals surface area contributed by atoms with Crippen LogP contribution in [0, 0.1) is 5.92 Å². The zero-order valence-electron chi connectivity index (χ0n) is 14.9. The molecule has 134 valence electrons. The van der Waals surface area contributed by atoms with Crippen molar-refractivity contribution in [3.05, 3.63) is 48.0 Å². The summed E-state index contributed by atoms with van der Waals surface area (Å²) in [4.78, 5) is 28.9. The summed E-state index contributed by atoms with van der Waals surface area (Å²) in [5.41, 5.74) is 1.29. The fourth-order valence-electron chi connectivity index (χ4n) is 3.71. The highest BCUT2D eigenvalue weighted by atomic mass is 16.2. The van der Waals surface area contributed by atoms with Crippen LogP contribution in [0.4, 0.5) is 0 Å². The van der Waals surface area contributed by atoms with Gasteiger partial charge in [0.1, 0.15) is 0 Å². The van der Waals surface area contributed by atoms with Gasteiger partial charge in [0.25, 0.3) is 0 Å². The molecule has 4 nitrogen and oxygen atoms in total. The molecule has 0 bridgehead atoms. The Morgan fingerprint density at radius 1 is 0.920 bits per heavy atom. The molecule has 2 amide bonds. The largest absolute Gasteiger partial charge is 0.341 e. The number of nitrogens with zero attached hydrogens (tertiary/aromatic N) is 2. The van der Waals surface area contributed by atoms with Gasteiger partial charge in [-0.1, -0.05) is 42.5 Å². The van der Waals surface area contributed by atoms with Crippen molar-refractivity contribution < 1.29 is 9.59 Å². The fourth-order valence-corrected chi connectivity index (χ4v) is 3.71. The van der Waals surface area contributed by atoms with E-state index in [-0.39, 0.29) is 17.7 Å². The number of aryl methyl sites for hydroxylation is 1. The first-order valence-electron chi connectivity index (χ1n) is 9.49. The van der Waals surface area contributed by atoms with Crippen LogP contribution in [0.15, 0.2) is 42.5 Å². The number of rotatable bonds is 5. The SMILES string of the molecule is O=C(CCCc1ccccc1)N1CCCN(C(=O)C2CC=CC2)CC1. The van der Waals surface area contributed by atoms with Crippen LogP contribution in [-0.4, -0.2) is 47.8 Å². The summed E-state index contributed by atoms with van der Waals surface area (Å²) >= 11 is 0. The average molecular weight is 340 g/mol. The fraction of sp³-hybridized carbons (Fsp3) is 0.524. The molecule has 0 aromatic heterocycles. The molecular formula is C21H28N2O2. The van der Waals surface area contributed by atoms with Gasteiger partial charge in [0, 0.05) is 38.5 Å². The quantitative estimate of drug-likeness (QED) is 0.773. The second-order valence-electron chi connectivity index (χ2n) is 7.04. The van der Waals surface area contributed by atoms with Crippen molar-refractivity contribution in [2.24, 2.45) is 5.92 Å². The Morgan fingerprint density at radius 3 is 2.36 bits per heavy atom. The summed E-state index contributed by atoms with van der Waals surface area (Å²) in [6, 6.07) is 10.3. The lowest BCUT2D eigenvalue weighted by atomic mass is 10.1. The number of amides is 2. The minimum absolute atomic E-state index is 0.133. The van der Waals surface area contributed by atoms with Crippen molar-refractivity contribution in [3.8, 4) is 0 Å². The highest BCUT2D eigenvalue weighted by molar-refractivity contribution is 5.80. The van der Waals surface area contributed by atoms with Crippen LogP contribution in [0.25, 0.3) is 0 Å². The Bertz CT molecular complexity index is 604. The molecular weight excluding hydrogens is 312 g/mol. The smallest absolute Gasteiger partial charge is 0.226 e. The first kappa shape index (κ1) is 17.7. The van der Waals surface area contributed by atoms with Gasteiger partial charge in [0.05, 0.1) is 0 Å². The molecule has 1 saturated heterocycles. The molecule has 2 aliphatic rings. The first-order chi connectivity index (χ1) is 12.2. The molecule has 1 aliphatic heterocycles. The molecule has 1 aromatic rings. The molecule has 1 aromatic carbocycles. The number of carbonyl (C=O) groups excluding carboxylic acids is 2. The second kappa shape index (κ2) is 8.84. The minimum Gasteiger partial charge on any atom is -0.341 e. The molecule has 0 N–H and O–H groups in total. The van der Waals surface area contributed by atoms with Gasteiger partial charge in [-0.25, -0.2) is 0 Å². The molecule has 0 spiro atoms. The lowest BCUT2D eigenvalue weighted by Crippen LogP contribution is -2.39. The Morgan fingerprint density at radius 2 is 1.60 bits per heavy atom. The third kappa shape index (κ3) is 4.94. The third-order valence-electron chi connectivity index (χ3n) is 5.22. The summed E-state index contributed by atoms with van der Waals surface area (Å²) < 4.78 is 0. The van der Waals surface area contributed by atoms with E-state index in [2.05, 4.69) is 24.3 Å². The summed E-state index contributed by atoms with van der Waals surface area (Å²) in [5.74, 6) is 0.629. The standard InChI is InChI=1S/C21H28N2O2/c24-20(13-6-10-18-8-2-1-3-9-18)22-14-7-15-23(17-16-22)21(25)19-11-4-5-12-19/h1-5,8-9,19H,6-7,10-17H2. The van der Waals surface area contributed by atoms with Gasteiger partial charge in [-0.05, 0) is 37.7 Å². The van der Waals surface area contributed by atoms with Crippen molar-refractivity contribution in [2.75, 3.05) is 26.2 Å². The van der Waals surface area contributed by atoms with Crippen molar-refractivity contribution in [3.63, 3.8) is 0 Å². The van der Waals surface area contributed by atoms with Crippen LogP contribution in [0.2, 0.25) is 0 Å². The minimum atomic E-state index is 0.133. The maximum atomic E-state index is 12.5.